The zero-order valence-electron chi connectivity index (χ0n) is 15.7. The van der Waals surface area contributed by atoms with Gasteiger partial charge < -0.3 is 10.6 Å². The fourth-order valence-corrected chi connectivity index (χ4v) is 4.51. The summed E-state index contributed by atoms with van der Waals surface area (Å²) < 4.78 is 3.00. The first kappa shape index (κ1) is 22.9. The standard InChI is InChI=1S/C19H15Br3ClN5O2/c1-9(2)25-18(29)11-6-10(20)7-12(21)16(11)26-19(30)14-8-15(22)27-28(14)17-13(23)4-3-5-24-17/h3-9H,1-2H3,(H,25,29)(H,26,30). The molecule has 0 fully saturated rings. The third-order valence-electron chi connectivity index (χ3n) is 3.81. The number of hydrogen-bond acceptors (Lipinski definition) is 4. The topological polar surface area (TPSA) is 88.9 Å². The van der Waals surface area contributed by atoms with Gasteiger partial charge in [-0.1, -0.05) is 27.5 Å². The maximum Gasteiger partial charge on any atom is 0.274 e. The van der Waals surface area contributed by atoms with E-state index < -0.39 is 5.91 Å². The molecule has 3 rings (SSSR count). The molecule has 0 unspecified atom stereocenters. The third kappa shape index (κ3) is 5.11. The largest absolute Gasteiger partial charge is 0.350 e. The summed E-state index contributed by atoms with van der Waals surface area (Å²) in [4.78, 5) is 30.0. The average Bonchev–Trinajstić information content (AvgIpc) is 3.05. The molecule has 3 aromatic rings. The van der Waals surface area contributed by atoms with Crippen LogP contribution in [0.5, 0.6) is 0 Å². The summed E-state index contributed by atoms with van der Waals surface area (Å²) in [5.74, 6) is -0.496. The Morgan fingerprint density at radius 3 is 2.53 bits per heavy atom. The molecule has 2 heterocycles. The average molecular weight is 621 g/mol. The van der Waals surface area contributed by atoms with Gasteiger partial charge in [0.05, 0.1) is 16.3 Å². The van der Waals surface area contributed by atoms with Gasteiger partial charge in [-0.15, -0.1) is 0 Å². The Kier molecular flexibility index (Phi) is 7.33. The lowest BCUT2D eigenvalue weighted by Gasteiger charge is -2.16. The van der Waals surface area contributed by atoms with E-state index in [1.807, 2.05) is 13.8 Å². The number of benzene rings is 1. The first-order chi connectivity index (χ1) is 14.2. The lowest BCUT2D eigenvalue weighted by Crippen LogP contribution is -2.31. The Labute approximate surface area is 203 Å². The molecule has 0 bridgehead atoms. The number of nitrogens with zero attached hydrogens (tertiary/aromatic N) is 3. The second-order valence-electron chi connectivity index (χ2n) is 6.47. The molecule has 11 heteroatoms. The van der Waals surface area contributed by atoms with E-state index in [1.165, 1.54) is 4.68 Å². The molecule has 156 valence electrons. The normalized spacial score (nSPS) is 10.9. The van der Waals surface area contributed by atoms with Crippen LogP contribution in [0.25, 0.3) is 5.82 Å². The number of nitrogens with one attached hydrogen (secondary N) is 2. The van der Waals surface area contributed by atoms with E-state index in [9.17, 15) is 9.59 Å². The van der Waals surface area contributed by atoms with Crippen LogP contribution in [0.3, 0.4) is 0 Å². The molecule has 7 nitrogen and oxygen atoms in total. The summed E-state index contributed by atoms with van der Waals surface area (Å²) in [6.07, 6.45) is 1.55. The molecule has 0 saturated heterocycles. The second-order valence-corrected chi connectivity index (χ2v) is 9.46. The van der Waals surface area contributed by atoms with Crippen molar-refractivity contribution in [3.63, 3.8) is 0 Å². The molecule has 0 atom stereocenters. The highest BCUT2D eigenvalue weighted by Gasteiger charge is 2.23. The Morgan fingerprint density at radius 1 is 1.13 bits per heavy atom. The van der Waals surface area contributed by atoms with E-state index in [4.69, 9.17) is 11.6 Å². The van der Waals surface area contributed by atoms with Gasteiger partial charge in [0.2, 0.25) is 0 Å². The van der Waals surface area contributed by atoms with Gasteiger partial charge in [-0.25, -0.2) is 9.67 Å². The molecule has 0 radical (unpaired) electrons. The minimum atomic E-state index is -0.489. The summed E-state index contributed by atoms with van der Waals surface area (Å²) in [5.41, 5.74) is 0.823. The lowest BCUT2D eigenvalue weighted by molar-refractivity contribution is 0.0944. The number of amides is 2. The summed E-state index contributed by atoms with van der Waals surface area (Å²) >= 11 is 16.3. The van der Waals surface area contributed by atoms with Crippen LogP contribution < -0.4 is 10.6 Å². The monoisotopic (exact) mass is 617 g/mol. The van der Waals surface area contributed by atoms with E-state index in [1.54, 1.807) is 36.5 Å². The van der Waals surface area contributed by atoms with Crippen LogP contribution in [0, 0.1) is 0 Å². The predicted molar refractivity (Wildman–Crippen MR) is 126 cm³/mol. The first-order valence-electron chi connectivity index (χ1n) is 8.65. The van der Waals surface area contributed by atoms with Crippen LogP contribution in [0.15, 0.2) is 50.1 Å². The molecule has 1 aromatic carbocycles. The van der Waals surface area contributed by atoms with Crippen molar-refractivity contribution < 1.29 is 9.59 Å². The number of anilines is 1. The number of carbonyl (C=O) groups excluding carboxylic acids is 2. The smallest absolute Gasteiger partial charge is 0.274 e. The summed E-state index contributed by atoms with van der Waals surface area (Å²) in [7, 11) is 0. The van der Waals surface area contributed by atoms with Crippen molar-refractivity contribution in [1.82, 2.24) is 20.1 Å². The maximum absolute atomic E-state index is 13.1. The van der Waals surface area contributed by atoms with Gasteiger partial charge in [0.1, 0.15) is 10.3 Å². The van der Waals surface area contributed by atoms with Crippen LogP contribution in [0.2, 0.25) is 5.02 Å². The predicted octanol–water partition coefficient (Wildman–Crippen LogP) is 5.60. The quantitative estimate of drug-likeness (QED) is 0.389. The summed E-state index contributed by atoms with van der Waals surface area (Å²) in [6.45, 7) is 3.71. The third-order valence-corrected chi connectivity index (χ3v) is 5.58. The number of pyridine rings is 1. The van der Waals surface area contributed by atoms with Crippen LogP contribution in [-0.4, -0.2) is 32.6 Å². The summed E-state index contributed by atoms with van der Waals surface area (Å²) in [5, 5.41) is 10.2. The molecule has 2 amide bonds. The van der Waals surface area contributed by atoms with Crippen LogP contribution >= 0.6 is 59.4 Å². The van der Waals surface area contributed by atoms with E-state index in [-0.39, 0.29) is 17.6 Å². The first-order valence-corrected chi connectivity index (χ1v) is 11.4. The van der Waals surface area contributed by atoms with E-state index in [0.29, 0.717) is 35.6 Å². The zero-order chi connectivity index (χ0) is 22.0. The van der Waals surface area contributed by atoms with Gasteiger partial charge in [-0.2, -0.15) is 5.10 Å². The number of carbonyl (C=O) groups is 2. The van der Waals surface area contributed by atoms with E-state index in [0.717, 1.165) is 0 Å². The van der Waals surface area contributed by atoms with Crippen molar-refractivity contribution in [1.29, 1.82) is 0 Å². The van der Waals surface area contributed by atoms with Crippen LogP contribution in [-0.2, 0) is 0 Å². The molecule has 0 aliphatic rings. The number of halogens is 4. The molecule has 0 aliphatic heterocycles. The molecule has 2 N–H and O–H groups in total. The van der Waals surface area contributed by atoms with Crippen LogP contribution in [0.4, 0.5) is 5.69 Å². The van der Waals surface area contributed by atoms with Gasteiger partial charge in [0, 0.05) is 27.3 Å². The fourth-order valence-electron chi connectivity index (χ4n) is 2.61. The maximum atomic E-state index is 13.1. The van der Waals surface area contributed by atoms with Gasteiger partial charge in [0.15, 0.2) is 5.82 Å². The molecule has 0 aliphatic carbocycles. The fraction of sp³-hybridized carbons (Fsp3) is 0.158. The zero-order valence-corrected chi connectivity index (χ0v) is 21.2. The highest BCUT2D eigenvalue weighted by Crippen LogP contribution is 2.32. The minimum Gasteiger partial charge on any atom is -0.350 e. The number of aromatic nitrogens is 3. The van der Waals surface area contributed by atoms with E-state index in [2.05, 4.69) is 68.5 Å². The van der Waals surface area contributed by atoms with Crippen molar-refractivity contribution in [3.05, 3.63) is 66.4 Å². The minimum absolute atomic E-state index is 0.0671. The molecule has 0 spiro atoms. The summed E-state index contributed by atoms with van der Waals surface area (Å²) in [6, 6.07) is 8.19. The Balaban J connectivity index is 2.02. The van der Waals surface area contributed by atoms with E-state index >= 15 is 0 Å². The van der Waals surface area contributed by atoms with Gasteiger partial charge in [-0.3, -0.25) is 9.59 Å². The van der Waals surface area contributed by atoms with Gasteiger partial charge >= 0.3 is 0 Å². The highest BCUT2D eigenvalue weighted by molar-refractivity contribution is 9.11. The Hall–Kier alpha value is -1.75. The van der Waals surface area contributed by atoms with Crippen molar-refractivity contribution in [2.24, 2.45) is 0 Å². The Bertz CT molecular complexity index is 1130. The Morgan fingerprint density at radius 2 is 1.87 bits per heavy atom. The second kappa shape index (κ2) is 9.59. The lowest BCUT2D eigenvalue weighted by atomic mass is 10.1. The number of rotatable bonds is 5. The van der Waals surface area contributed by atoms with Gasteiger partial charge in [0.25, 0.3) is 11.8 Å². The molecule has 30 heavy (non-hydrogen) atoms. The number of hydrogen-bond donors (Lipinski definition) is 2. The van der Waals surface area contributed by atoms with Crippen molar-refractivity contribution >= 4 is 76.9 Å². The van der Waals surface area contributed by atoms with Gasteiger partial charge in [-0.05, 0) is 70.0 Å². The SMILES string of the molecule is CC(C)NC(=O)c1cc(Br)cc(Br)c1NC(=O)c1cc(Br)nn1-c1ncccc1Cl. The van der Waals surface area contributed by atoms with Crippen LogP contribution in [0.1, 0.15) is 34.7 Å². The van der Waals surface area contributed by atoms with Crippen molar-refractivity contribution in [2.45, 2.75) is 19.9 Å². The molecule has 2 aromatic heterocycles. The molecular weight excluding hydrogens is 605 g/mol. The highest BCUT2D eigenvalue weighted by atomic mass is 79.9. The molecular formula is C19H15Br3ClN5O2. The molecule has 0 saturated carbocycles. The van der Waals surface area contributed by atoms with Crippen molar-refractivity contribution in [3.8, 4) is 5.82 Å². The van der Waals surface area contributed by atoms with Crippen molar-refractivity contribution in [2.75, 3.05) is 5.32 Å².